The van der Waals surface area contributed by atoms with E-state index >= 15 is 0 Å². The van der Waals surface area contributed by atoms with Gasteiger partial charge in [-0.3, -0.25) is 14.6 Å². The molecule has 3 rings (SSSR count). The number of carbonyl (C=O) groups excluding carboxylic acids is 3. The van der Waals surface area contributed by atoms with E-state index in [1.54, 1.807) is 25.7 Å². The molecule has 0 radical (unpaired) electrons. The number of hydrogen-bond acceptors (Lipinski definition) is 5. The summed E-state index contributed by atoms with van der Waals surface area (Å²) in [5, 5.41) is 2.81. The Bertz CT molecular complexity index is 731. The summed E-state index contributed by atoms with van der Waals surface area (Å²) in [5.74, 6) is -0.252. The van der Waals surface area contributed by atoms with Gasteiger partial charge in [0.1, 0.15) is 17.7 Å². The maximum Gasteiger partial charge on any atom is 0.414 e. The molecule has 2 saturated heterocycles. The quantitative estimate of drug-likeness (QED) is 0.855. The Hall–Kier alpha value is -2.77. The zero-order valence-corrected chi connectivity index (χ0v) is 16.5. The van der Waals surface area contributed by atoms with Crippen LogP contribution in [0.4, 0.5) is 15.3 Å². The summed E-state index contributed by atoms with van der Waals surface area (Å²) in [7, 11) is 0. The molecule has 2 fully saturated rings. The fourth-order valence-corrected chi connectivity index (χ4v) is 3.36. The molecule has 152 valence electrons. The van der Waals surface area contributed by atoms with Gasteiger partial charge < -0.3 is 14.8 Å². The van der Waals surface area contributed by atoms with E-state index in [4.69, 9.17) is 9.47 Å². The summed E-state index contributed by atoms with van der Waals surface area (Å²) < 4.78 is 10.7. The van der Waals surface area contributed by atoms with E-state index in [-0.39, 0.29) is 12.5 Å². The molecule has 0 spiro atoms. The van der Waals surface area contributed by atoms with Crippen LogP contribution in [0.1, 0.15) is 33.6 Å². The van der Waals surface area contributed by atoms with Crippen LogP contribution in [0.2, 0.25) is 0 Å². The zero-order chi connectivity index (χ0) is 20.3. The first kappa shape index (κ1) is 20.0. The lowest BCUT2D eigenvalue weighted by atomic mass is 10.2. The third-order valence-corrected chi connectivity index (χ3v) is 4.63. The van der Waals surface area contributed by atoms with Crippen molar-refractivity contribution < 1.29 is 23.9 Å². The van der Waals surface area contributed by atoms with Crippen LogP contribution in [0.25, 0.3) is 0 Å². The van der Waals surface area contributed by atoms with Gasteiger partial charge in [-0.05, 0) is 45.7 Å². The van der Waals surface area contributed by atoms with Gasteiger partial charge in [0.05, 0.1) is 13.1 Å². The molecular formula is C20H27N3O5. The molecule has 3 amide bonds. The van der Waals surface area contributed by atoms with Crippen LogP contribution in [0.3, 0.4) is 0 Å². The highest BCUT2D eigenvalue weighted by molar-refractivity contribution is 5.90. The lowest BCUT2D eigenvalue weighted by molar-refractivity contribution is -0.125. The number of likely N-dealkylation sites (tertiary alicyclic amines) is 1. The topological polar surface area (TPSA) is 88.2 Å². The maximum atomic E-state index is 12.6. The number of amides is 3. The summed E-state index contributed by atoms with van der Waals surface area (Å²) in [5.41, 5.74) is 0.146. The standard InChI is InChI=1S/C20H27N3O5/c1-20(2,3)28-19(26)22-11-7-10-16(22)17(24)21-12-15-13-23(18(25)27-15)14-8-5-4-6-9-14/h4-6,8-9,15-16H,7,10-13H2,1-3H3,(H,21,24). The fraction of sp³-hybridized carbons (Fsp3) is 0.550. The highest BCUT2D eigenvalue weighted by Crippen LogP contribution is 2.22. The predicted molar refractivity (Wildman–Crippen MR) is 103 cm³/mol. The fourth-order valence-electron chi connectivity index (χ4n) is 3.36. The summed E-state index contributed by atoms with van der Waals surface area (Å²) in [6.07, 6.45) is -0.00846. The average molecular weight is 389 g/mol. The van der Waals surface area contributed by atoms with Crippen LogP contribution >= 0.6 is 0 Å². The summed E-state index contributed by atoms with van der Waals surface area (Å²) in [4.78, 5) is 40.0. The molecule has 1 aromatic rings. The van der Waals surface area contributed by atoms with Gasteiger partial charge in [0.15, 0.2) is 0 Å². The Morgan fingerprint density at radius 1 is 1.25 bits per heavy atom. The van der Waals surface area contributed by atoms with Crippen molar-refractivity contribution in [1.82, 2.24) is 10.2 Å². The number of nitrogens with zero attached hydrogens (tertiary/aromatic N) is 2. The van der Waals surface area contributed by atoms with Crippen molar-refractivity contribution in [2.75, 3.05) is 24.5 Å². The van der Waals surface area contributed by atoms with Crippen molar-refractivity contribution in [2.45, 2.75) is 51.4 Å². The van der Waals surface area contributed by atoms with Gasteiger partial charge in [-0.25, -0.2) is 9.59 Å². The third kappa shape index (κ3) is 4.74. The number of para-hydroxylation sites is 1. The number of nitrogens with one attached hydrogen (secondary N) is 1. The molecule has 2 aliphatic heterocycles. The number of cyclic esters (lactones) is 1. The molecule has 2 atom stereocenters. The van der Waals surface area contributed by atoms with Crippen molar-refractivity contribution in [2.24, 2.45) is 0 Å². The second-order valence-electron chi connectivity index (χ2n) is 8.03. The number of ether oxygens (including phenoxy) is 2. The van der Waals surface area contributed by atoms with E-state index in [0.29, 0.717) is 19.5 Å². The maximum absolute atomic E-state index is 12.6. The lowest BCUT2D eigenvalue weighted by Gasteiger charge is -2.28. The summed E-state index contributed by atoms with van der Waals surface area (Å²) in [6.45, 7) is 6.44. The van der Waals surface area contributed by atoms with Crippen molar-refractivity contribution in [1.29, 1.82) is 0 Å². The Labute approximate surface area is 164 Å². The molecule has 0 aliphatic carbocycles. The van der Waals surface area contributed by atoms with E-state index in [9.17, 15) is 14.4 Å². The van der Waals surface area contributed by atoms with Crippen LogP contribution in [0.15, 0.2) is 30.3 Å². The highest BCUT2D eigenvalue weighted by Gasteiger charge is 2.38. The average Bonchev–Trinajstić information content (AvgIpc) is 3.26. The molecule has 0 saturated carbocycles. The molecule has 8 heteroatoms. The van der Waals surface area contributed by atoms with Crippen LogP contribution in [-0.2, 0) is 14.3 Å². The first-order valence-electron chi connectivity index (χ1n) is 9.55. The molecule has 2 unspecified atom stereocenters. The minimum atomic E-state index is -0.611. The smallest absolute Gasteiger partial charge is 0.414 e. The van der Waals surface area contributed by atoms with Gasteiger partial charge in [-0.15, -0.1) is 0 Å². The molecule has 8 nitrogen and oxygen atoms in total. The van der Waals surface area contributed by atoms with Crippen LogP contribution in [0, 0.1) is 0 Å². The lowest BCUT2D eigenvalue weighted by Crippen LogP contribution is -2.49. The molecule has 0 aromatic heterocycles. The van der Waals surface area contributed by atoms with E-state index in [1.165, 1.54) is 4.90 Å². The molecule has 1 N–H and O–H groups in total. The minimum absolute atomic E-state index is 0.201. The van der Waals surface area contributed by atoms with E-state index in [1.807, 2.05) is 30.3 Å². The van der Waals surface area contributed by atoms with Gasteiger partial charge in [-0.1, -0.05) is 18.2 Å². The highest BCUT2D eigenvalue weighted by atomic mass is 16.6. The Kier molecular flexibility index (Phi) is 5.76. The van der Waals surface area contributed by atoms with Crippen molar-refractivity contribution >= 4 is 23.8 Å². The second-order valence-corrected chi connectivity index (χ2v) is 8.03. The van der Waals surface area contributed by atoms with Crippen LogP contribution < -0.4 is 10.2 Å². The van der Waals surface area contributed by atoms with E-state index in [0.717, 1.165) is 12.1 Å². The Morgan fingerprint density at radius 3 is 2.64 bits per heavy atom. The molecule has 0 bridgehead atoms. The SMILES string of the molecule is CC(C)(C)OC(=O)N1CCCC1C(=O)NCC1CN(c2ccccc2)C(=O)O1. The van der Waals surface area contributed by atoms with Crippen molar-refractivity contribution in [3.8, 4) is 0 Å². The Balaban J connectivity index is 1.52. The van der Waals surface area contributed by atoms with Crippen LogP contribution in [-0.4, -0.2) is 60.4 Å². The molecular weight excluding hydrogens is 362 g/mol. The van der Waals surface area contributed by atoms with E-state index in [2.05, 4.69) is 5.32 Å². The second kappa shape index (κ2) is 8.08. The van der Waals surface area contributed by atoms with Gasteiger partial charge in [0.2, 0.25) is 5.91 Å². The van der Waals surface area contributed by atoms with Gasteiger partial charge in [0, 0.05) is 12.2 Å². The number of carbonyl (C=O) groups is 3. The number of benzene rings is 1. The summed E-state index contributed by atoms with van der Waals surface area (Å²) in [6, 6.07) is 8.68. The van der Waals surface area contributed by atoms with Gasteiger partial charge in [0.25, 0.3) is 0 Å². The van der Waals surface area contributed by atoms with Crippen molar-refractivity contribution in [3.05, 3.63) is 30.3 Å². The van der Waals surface area contributed by atoms with Gasteiger partial charge >= 0.3 is 12.2 Å². The minimum Gasteiger partial charge on any atom is -0.444 e. The normalized spacial score (nSPS) is 22.2. The number of rotatable bonds is 4. The third-order valence-electron chi connectivity index (χ3n) is 4.63. The largest absolute Gasteiger partial charge is 0.444 e. The first-order chi connectivity index (χ1) is 13.2. The number of hydrogen-bond donors (Lipinski definition) is 1. The van der Waals surface area contributed by atoms with Crippen LogP contribution in [0.5, 0.6) is 0 Å². The Morgan fingerprint density at radius 2 is 1.96 bits per heavy atom. The predicted octanol–water partition coefficient (Wildman–Crippen LogP) is 2.53. The monoisotopic (exact) mass is 389 g/mol. The molecule has 28 heavy (non-hydrogen) atoms. The van der Waals surface area contributed by atoms with E-state index < -0.39 is 29.9 Å². The first-order valence-corrected chi connectivity index (χ1v) is 9.55. The molecule has 2 heterocycles. The summed E-state index contributed by atoms with van der Waals surface area (Å²) >= 11 is 0. The number of anilines is 1. The van der Waals surface area contributed by atoms with Crippen molar-refractivity contribution in [3.63, 3.8) is 0 Å². The molecule has 1 aromatic carbocycles. The zero-order valence-electron chi connectivity index (χ0n) is 16.5. The molecule has 2 aliphatic rings. The van der Waals surface area contributed by atoms with Gasteiger partial charge in [-0.2, -0.15) is 0 Å².